The molecule has 3 aromatic carbocycles. The highest BCUT2D eigenvalue weighted by Crippen LogP contribution is 2.26. The number of carbonyl (C=O) groups excluding carboxylic acids is 2. The highest BCUT2D eigenvalue weighted by molar-refractivity contribution is 7.92. The van der Waals surface area contributed by atoms with Gasteiger partial charge in [0, 0.05) is 13.1 Å². The van der Waals surface area contributed by atoms with Crippen LogP contribution >= 0.6 is 0 Å². The number of halogens is 1. The molecule has 214 valence electrons. The van der Waals surface area contributed by atoms with Gasteiger partial charge < -0.3 is 15.0 Å². The lowest BCUT2D eigenvalue weighted by Gasteiger charge is -2.33. The molecule has 0 radical (unpaired) electrons. The summed E-state index contributed by atoms with van der Waals surface area (Å²) in [6, 6.07) is 17.4. The van der Waals surface area contributed by atoms with Gasteiger partial charge in [-0.1, -0.05) is 31.2 Å². The van der Waals surface area contributed by atoms with Crippen LogP contribution in [0.3, 0.4) is 0 Å². The van der Waals surface area contributed by atoms with E-state index in [1.807, 2.05) is 38.1 Å². The van der Waals surface area contributed by atoms with Crippen LogP contribution in [-0.2, 0) is 26.2 Å². The molecule has 0 spiro atoms. The number of nitrogens with zero attached hydrogens (tertiary/aromatic N) is 2. The van der Waals surface area contributed by atoms with Gasteiger partial charge in [0.15, 0.2) is 0 Å². The number of anilines is 1. The summed E-state index contributed by atoms with van der Waals surface area (Å²) < 4.78 is 47.9. The Morgan fingerprint density at radius 1 is 0.950 bits per heavy atom. The van der Waals surface area contributed by atoms with Crippen molar-refractivity contribution in [2.24, 2.45) is 0 Å². The van der Waals surface area contributed by atoms with Crippen LogP contribution < -0.4 is 14.4 Å². The fourth-order valence-corrected chi connectivity index (χ4v) is 5.73. The van der Waals surface area contributed by atoms with Gasteiger partial charge in [0.1, 0.15) is 24.2 Å². The number of carbonyl (C=O) groups is 2. The first-order valence-electron chi connectivity index (χ1n) is 13.2. The van der Waals surface area contributed by atoms with Gasteiger partial charge in [0.25, 0.3) is 10.0 Å². The Balaban J connectivity index is 2.05. The molecule has 0 bridgehead atoms. The number of nitrogens with one attached hydrogen (secondary N) is 1. The first kappa shape index (κ1) is 30.6. The number of hydrogen-bond acceptors (Lipinski definition) is 5. The van der Waals surface area contributed by atoms with Gasteiger partial charge in [0.2, 0.25) is 11.8 Å². The lowest BCUT2D eigenvalue weighted by Crippen LogP contribution is -2.52. The van der Waals surface area contributed by atoms with Crippen LogP contribution in [0.2, 0.25) is 0 Å². The molecular weight excluding hydrogens is 533 g/mol. The van der Waals surface area contributed by atoms with Gasteiger partial charge in [-0.2, -0.15) is 0 Å². The molecule has 0 unspecified atom stereocenters. The standard InChI is InChI=1S/C30H36FN3O5S/c1-5-28(30(36)32-6-2)33(20-23-11-9-8-10-22(23)4)29(35)21-34(25-14-12-24(31)13-15-25)40(37,38)27-18-16-26(17-19-27)39-7-3/h8-19,28H,5-7,20-21H2,1-4H3,(H,32,36)/t28-/m1/s1. The lowest BCUT2D eigenvalue weighted by atomic mass is 10.1. The number of likely N-dealkylation sites (N-methyl/N-ethyl adjacent to an activating group) is 1. The molecule has 0 heterocycles. The maximum Gasteiger partial charge on any atom is 0.264 e. The molecule has 0 aromatic heterocycles. The van der Waals surface area contributed by atoms with Crippen LogP contribution in [0.4, 0.5) is 10.1 Å². The van der Waals surface area contributed by atoms with E-state index < -0.39 is 34.3 Å². The predicted molar refractivity (Wildman–Crippen MR) is 153 cm³/mol. The molecule has 1 N–H and O–H groups in total. The Morgan fingerprint density at radius 2 is 1.60 bits per heavy atom. The second kappa shape index (κ2) is 13.9. The van der Waals surface area contributed by atoms with Crippen LogP contribution in [0.1, 0.15) is 38.3 Å². The van der Waals surface area contributed by atoms with E-state index in [-0.39, 0.29) is 23.0 Å². The first-order valence-corrected chi connectivity index (χ1v) is 14.7. The summed E-state index contributed by atoms with van der Waals surface area (Å²) in [4.78, 5) is 28.3. The fraction of sp³-hybridized carbons (Fsp3) is 0.333. The summed E-state index contributed by atoms with van der Waals surface area (Å²) in [5.41, 5.74) is 1.88. The Kier molecular flexibility index (Phi) is 10.7. The van der Waals surface area contributed by atoms with E-state index in [4.69, 9.17) is 4.74 Å². The van der Waals surface area contributed by atoms with Gasteiger partial charge in [-0.25, -0.2) is 12.8 Å². The van der Waals surface area contributed by atoms with Crippen LogP contribution in [0.25, 0.3) is 0 Å². The zero-order chi connectivity index (χ0) is 29.3. The highest BCUT2D eigenvalue weighted by Gasteiger charge is 2.33. The Morgan fingerprint density at radius 3 is 2.17 bits per heavy atom. The summed E-state index contributed by atoms with van der Waals surface area (Å²) in [5.74, 6) is -0.935. The Hall–Kier alpha value is -3.92. The number of benzene rings is 3. The number of ether oxygens (including phenoxy) is 1. The van der Waals surface area contributed by atoms with E-state index >= 15 is 0 Å². The van der Waals surface area contributed by atoms with E-state index in [0.29, 0.717) is 25.3 Å². The number of hydrogen-bond donors (Lipinski definition) is 1. The van der Waals surface area contributed by atoms with Gasteiger partial charge >= 0.3 is 0 Å². The number of sulfonamides is 1. The van der Waals surface area contributed by atoms with Crippen molar-refractivity contribution in [2.75, 3.05) is 24.0 Å². The largest absolute Gasteiger partial charge is 0.494 e. The van der Waals surface area contributed by atoms with Crippen LogP contribution in [0, 0.1) is 12.7 Å². The number of amides is 2. The first-order chi connectivity index (χ1) is 19.1. The zero-order valence-corrected chi connectivity index (χ0v) is 24.1. The van der Waals surface area contributed by atoms with Crippen LogP contribution in [0.15, 0.2) is 77.7 Å². The van der Waals surface area contributed by atoms with Crippen molar-refractivity contribution in [1.29, 1.82) is 0 Å². The quantitative estimate of drug-likeness (QED) is 0.323. The maximum absolute atomic E-state index is 14.0. The van der Waals surface area contributed by atoms with E-state index in [2.05, 4.69) is 5.32 Å². The van der Waals surface area contributed by atoms with Crippen LogP contribution in [0.5, 0.6) is 5.75 Å². The third-order valence-corrected chi connectivity index (χ3v) is 8.24. The molecule has 0 aliphatic carbocycles. The van der Waals surface area contributed by atoms with Crippen molar-refractivity contribution in [3.05, 3.63) is 89.7 Å². The summed E-state index contributed by atoms with van der Waals surface area (Å²) in [6.45, 7) is 7.64. The molecule has 10 heteroatoms. The van der Waals surface area contributed by atoms with Gasteiger partial charge in [-0.05, 0) is 86.8 Å². The third-order valence-electron chi connectivity index (χ3n) is 6.46. The fourth-order valence-electron chi connectivity index (χ4n) is 4.32. The van der Waals surface area contributed by atoms with Crippen molar-refractivity contribution >= 4 is 27.5 Å². The average molecular weight is 570 g/mol. The molecule has 8 nitrogen and oxygen atoms in total. The molecule has 40 heavy (non-hydrogen) atoms. The third kappa shape index (κ3) is 7.38. The minimum atomic E-state index is -4.26. The molecule has 2 amide bonds. The molecule has 0 aliphatic heterocycles. The molecule has 1 atom stereocenters. The predicted octanol–water partition coefficient (Wildman–Crippen LogP) is 4.67. The lowest BCUT2D eigenvalue weighted by molar-refractivity contribution is -0.140. The molecule has 0 saturated carbocycles. The maximum atomic E-state index is 14.0. The van der Waals surface area contributed by atoms with Gasteiger partial charge in [0.05, 0.1) is 17.2 Å². The topological polar surface area (TPSA) is 96.0 Å². The van der Waals surface area contributed by atoms with Crippen LogP contribution in [-0.4, -0.2) is 50.9 Å². The molecule has 3 rings (SSSR count). The SMILES string of the molecule is CCNC(=O)[C@@H](CC)N(Cc1ccccc1C)C(=O)CN(c1ccc(F)cc1)S(=O)(=O)c1ccc(OCC)cc1. The van der Waals surface area contributed by atoms with Gasteiger partial charge in [-0.15, -0.1) is 0 Å². The second-order valence-electron chi connectivity index (χ2n) is 9.16. The second-order valence-corrected chi connectivity index (χ2v) is 11.0. The van der Waals surface area contributed by atoms with Crippen molar-refractivity contribution in [1.82, 2.24) is 10.2 Å². The van der Waals surface area contributed by atoms with Crippen molar-refractivity contribution in [3.63, 3.8) is 0 Å². The van der Waals surface area contributed by atoms with Crippen molar-refractivity contribution in [2.45, 2.75) is 51.6 Å². The highest BCUT2D eigenvalue weighted by atomic mass is 32.2. The molecule has 3 aromatic rings. The van der Waals surface area contributed by atoms with E-state index in [0.717, 1.165) is 27.6 Å². The minimum Gasteiger partial charge on any atom is -0.494 e. The summed E-state index contributed by atoms with van der Waals surface area (Å²) >= 11 is 0. The van der Waals surface area contributed by atoms with Crippen molar-refractivity contribution < 1.29 is 27.1 Å². The van der Waals surface area contributed by atoms with Gasteiger partial charge in [-0.3, -0.25) is 13.9 Å². The van der Waals surface area contributed by atoms with E-state index in [9.17, 15) is 22.4 Å². The van der Waals surface area contributed by atoms with Crippen molar-refractivity contribution in [3.8, 4) is 5.75 Å². The zero-order valence-electron chi connectivity index (χ0n) is 23.3. The molecule has 0 aliphatic rings. The average Bonchev–Trinajstić information content (AvgIpc) is 2.93. The molecule has 0 saturated heterocycles. The number of aryl methyl sites for hydroxylation is 1. The summed E-state index contributed by atoms with van der Waals surface area (Å²) in [6.07, 6.45) is 0.325. The smallest absolute Gasteiger partial charge is 0.264 e. The summed E-state index contributed by atoms with van der Waals surface area (Å²) in [7, 11) is -4.26. The molecule has 0 fully saturated rings. The van der Waals surface area contributed by atoms with E-state index in [1.165, 1.54) is 41.3 Å². The summed E-state index contributed by atoms with van der Waals surface area (Å²) in [5, 5.41) is 2.78. The Bertz CT molecular complexity index is 1400. The molecular formula is C30H36FN3O5S. The number of rotatable bonds is 13. The van der Waals surface area contributed by atoms with E-state index in [1.54, 1.807) is 13.8 Å². The normalized spacial score (nSPS) is 11.9. The Labute approximate surface area is 235 Å². The minimum absolute atomic E-state index is 0.0608. The monoisotopic (exact) mass is 569 g/mol.